The number of pyridine rings is 1. The van der Waals surface area contributed by atoms with Crippen LogP contribution in [0, 0.1) is 6.92 Å². The summed E-state index contributed by atoms with van der Waals surface area (Å²) in [5, 5.41) is 0.327. The first-order valence-corrected chi connectivity index (χ1v) is 7.37. The van der Waals surface area contributed by atoms with Gasteiger partial charge in [-0.25, -0.2) is 4.98 Å². The average molecular weight is 318 g/mol. The number of aromatic nitrogens is 1. The molecule has 19 heavy (non-hydrogen) atoms. The van der Waals surface area contributed by atoms with Crippen molar-refractivity contribution in [3.05, 3.63) is 52.1 Å². The monoisotopic (exact) mass is 317 g/mol. The molecule has 0 saturated carbocycles. The number of benzene rings is 1. The Balaban J connectivity index is 2.33. The summed E-state index contributed by atoms with van der Waals surface area (Å²) in [6.45, 7) is 1.86. The van der Waals surface area contributed by atoms with Crippen LogP contribution in [0.3, 0.4) is 0 Å². The maximum absolute atomic E-state index is 12.0. The van der Waals surface area contributed by atoms with Crippen molar-refractivity contribution in [1.29, 1.82) is 0 Å². The summed E-state index contributed by atoms with van der Waals surface area (Å²) in [5.74, 6) is -0.202. The summed E-state index contributed by atoms with van der Waals surface area (Å²) < 4.78 is 28.9. The molecule has 1 aromatic carbocycles. The van der Waals surface area contributed by atoms with Crippen molar-refractivity contribution in [3.8, 4) is 5.88 Å². The third-order valence-corrected chi connectivity index (χ3v) is 3.98. The second-order valence-corrected chi connectivity index (χ2v) is 6.18. The Hall–Kier alpha value is -1.30. The number of aryl methyl sites for hydroxylation is 1. The largest absolute Gasteiger partial charge is 0.357 e. The van der Waals surface area contributed by atoms with Gasteiger partial charge in [-0.15, -0.1) is 0 Å². The molecule has 0 aliphatic carbocycles. The lowest BCUT2D eigenvalue weighted by molar-refractivity contribution is 0.476. The molecule has 1 aromatic heterocycles. The Morgan fingerprint density at radius 3 is 2.37 bits per heavy atom. The van der Waals surface area contributed by atoms with Crippen LogP contribution < -0.4 is 4.18 Å². The lowest BCUT2D eigenvalue weighted by Gasteiger charge is -2.07. The fourth-order valence-electron chi connectivity index (χ4n) is 1.32. The van der Waals surface area contributed by atoms with E-state index in [-0.39, 0.29) is 15.8 Å². The molecule has 0 bridgehead atoms. The van der Waals surface area contributed by atoms with Crippen LogP contribution in [0.1, 0.15) is 5.56 Å². The van der Waals surface area contributed by atoms with E-state index in [1.165, 1.54) is 24.4 Å². The van der Waals surface area contributed by atoms with Gasteiger partial charge in [0.2, 0.25) is 0 Å². The van der Waals surface area contributed by atoms with Gasteiger partial charge in [-0.05, 0) is 25.1 Å². The fourth-order valence-corrected chi connectivity index (χ4v) is 2.69. The van der Waals surface area contributed by atoms with Crippen molar-refractivity contribution in [2.24, 2.45) is 0 Å². The molecule has 0 aliphatic rings. The zero-order valence-electron chi connectivity index (χ0n) is 9.80. The fraction of sp³-hybridized carbons (Fsp3) is 0.0833. The lowest BCUT2D eigenvalue weighted by Crippen LogP contribution is -2.10. The van der Waals surface area contributed by atoms with Gasteiger partial charge in [-0.3, -0.25) is 0 Å². The summed E-state index contributed by atoms with van der Waals surface area (Å²) in [6.07, 6.45) is 1.26. The predicted molar refractivity (Wildman–Crippen MR) is 73.2 cm³/mol. The molecule has 0 radical (unpaired) electrons. The SMILES string of the molecule is Cc1ccc(S(=O)(=O)Oc2ncc(Cl)cc2Cl)cc1. The molecular formula is C12H9Cl2NO3S. The molecule has 0 atom stereocenters. The molecule has 1 heterocycles. The quantitative estimate of drug-likeness (QED) is 0.813. The first-order valence-electron chi connectivity index (χ1n) is 5.21. The van der Waals surface area contributed by atoms with Crippen LogP contribution in [0.5, 0.6) is 5.88 Å². The van der Waals surface area contributed by atoms with Gasteiger partial charge in [0.15, 0.2) is 0 Å². The van der Waals surface area contributed by atoms with Gasteiger partial charge >= 0.3 is 10.1 Å². The summed E-state index contributed by atoms with van der Waals surface area (Å²) in [5.41, 5.74) is 0.946. The zero-order chi connectivity index (χ0) is 14.0. The van der Waals surface area contributed by atoms with Crippen molar-refractivity contribution < 1.29 is 12.6 Å². The van der Waals surface area contributed by atoms with Crippen LogP contribution in [0.2, 0.25) is 10.0 Å². The second kappa shape index (κ2) is 5.36. The van der Waals surface area contributed by atoms with Gasteiger partial charge in [0, 0.05) is 6.20 Å². The Bertz CT molecular complexity index is 699. The van der Waals surface area contributed by atoms with E-state index in [2.05, 4.69) is 4.98 Å². The van der Waals surface area contributed by atoms with Crippen LogP contribution in [0.4, 0.5) is 0 Å². The molecule has 0 spiro atoms. The predicted octanol–water partition coefficient (Wildman–Crippen LogP) is 3.46. The summed E-state index contributed by atoms with van der Waals surface area (Å²) in [4.78, 5) is 3.77. The topological polar surface area (TPSA) is 56.3 Å². The molecule has 7 heteroatoms. The minimum absolute atomic E-state index is 0.0307. The number of rotatable bonds is 3. The van der Waals surface area contributed by atoms with E-state index in [4.69, 9.17) is 27.4 Å². The highest BCUT2D eigenvalue weighted by Crippen LogP contribution is 2.27. The highest BCUT2D eigenvalue weighted by Gasteiger charge is 2.19. The minimum Gasteiger partial charge on any atom is -0.357 e. The van der Waals surface area contributed by atoms with Crippen molar-refractivity contribution in [2.75, 3.05) is 0 Å². The first kappa shape index (κ1) is 14.1. The van der Waals surface area contributed by atoms with Crippen LogP contribution in [0.25, 0.3) is 0 Å². The van der Waals surface area contributed by atoms with E-state index in [0.29, 0.717) is 5.02 Å². The molecule has 4 nitrogen and oxygen atoms in total. The summed E-state index contributed by atoms with van der Waals surface area (Å²) in [7, 11) is -3.96. The molecule has 0 amide bonds. The highest BCUT2D eigenvalue weighted by molar-refractivity contribution is 7.87. The van der Waals surface area contributed by atoms with Gasteiger partial charge in [-0.1, -0.05) is 40.9 Å². The van der Waals surface area contributed by atoms with Gasteiger partial charge < -0.3 is 4.18 Å². The third-order valence-electron chi connectivity index (χ3n) is 2.27. The molecular weight excluding hydrogens is 309 g/mol. The smallest absolute Gasteiger partial charge is 0.340 e. The Morgan fingerprint density at radius 2 is 1.79 bits per heavy atom. The third kappa shape index (κ3) is 3.37. The standard InChI is InChI=1S/C12H9Cl2NO3S/c1-8-2-4-10(5-3-8)19(16,17)18-12-11(14)6-9(13)7-15-12/h2-7H,1H3. The van der Waals surface area contributed by atoms with E-state index < -0.39 is 10.1 Å². The molecule has 2 aromatic rings. The number of nitrogens with zero attached hydrogens (tertiary/aromatic N) is 1. The van der Waals surface area contributed by atoms with Gasteiger partial charge in [-0.2, -0.15) is 8.42 Å². The zero-order valence-corrected chi connectivity index (χ0v) is 12.1. The summed E-state index contributed by atoms with van der Waals surface area (Å²) in [6, 6.07) is 7.61. The van der Waals surface area contributed by atoms with Crippen molar-refractivity contribution >= 4 is 33.3 Å². The lowest BCUT2D eigenvalue weighted by atomic mass is 10.2. The first-order chi connectivity index (χ1) is 8.88. The van der Waals surface area contributed by atoms with Gasteiger partial charge in [0.1, 0.15) is 9.92 Å². The Labute approximate surface area is 121 Å². The van der Waals surface area contributed by atoms with Crippen LogP contribution in [0.15, 0.2) is 41.4 Å². The second-order valence-electron chi connectivity index (χ2n) is 3.79. The molecule has 100 valence electrons. The molecule has 2 rings (SSSR count). The van der Waals surface area contributed by atoms with E-state index in [1.54, 1.807) is 12.1 Å². The van der Waals surface area contributed by atoms with Crippen molar-refractivity contribution in [2.45, 2.75) is 11.8 Å². The number of hydrogen-bond acceptors (Lipinski definition) is 4. The molecule has 0 N–H and O–H groups in total. The highest BCUT2D eigenvalue weighted by atomic mass is 35.5. The molecule has 0 aliphatic heterocycles. The minimum atomic E-state index is -3.96. The van der Waals surface area contributed by atoms with Crippen LogP contribution >= 0.6 is 23.2 Å². The van der Waals surface area contributed by atoms with E-state index in [0.717, 1.165) is 5.56 Å². The van der Waals surface area contributed by atoms with Gasteiger partial charge in [0.25, 0.3) is 5.88 Å². The van der Waals surface area contributed by atoms with Crippen molar-refractivity contribution in [1.82, 2.24) is 4.98 Å². The average Bonchev–Trinajstić information content (AvgIpc) is 2.33. The van der Waals surface area contributed by atoms with Gasteiger partial charge in [0.05, 0.1) is 5.02 Å². The summed E-state index contributed by atoms with van der Waals surface area (Å²) >= 11 is 11.5. The number of halogens is 2. The van der Waals surface area contributed by atoms with E-state index in [9.17, 15) is 8.42 Å². The molecule has 0 fully saturated rings. The Morgan fingerprint density at radius 1 is 1.16 bits per heavy atom. The maximum atomic E-state index is 12.0. The Kier molecular flexibility index (Phi) is 3.99. The van der Waals surface area contributed by atoms with E-state index in [1.807, 2.05) is 6.92 Å². The van der Waals surface area contributed by atoms with Crippen molar-refractivity contribution in [3.63, 3.8) is 0 Å². The molecule has 0 unspecified atom stereocenters. The van der Waals surface area contributed by atoms with Crippen LogP contribution in [-0.2, 0) is 10.1 Å². The maximum Gasteiger partial charge on any atom is 0.340 e. The van der Waals surface area contributed by atoms with Crippen LogP contribution in [-0.4, -0.2) is 13.4 Å². The molecule has 0 saturated heterocycles. The van der Waals surface area contributed by atoms with E-state index >= 15 is 0 Å². The normalized spacial score (nSPS) is 11.3. The number of hydrogen-bond donors (Lipinski definition) is 0.